The van der Waals surface area contributed by atoms with E-state index in [1.54, 1.807) is 7.11 Å². The van der Waals surface area contributed by atoms with Crippen LogP contribution in [0, 0.1) is 0 Å². The van der Waals surface area contributed by atoms with Crippen LogP contribution in [0.1, 0.15) is 38.8 Å². The molecule has 2 N–H and O–H groups in total. The molecule has 1 rings (SSSR count). The normalized spacial score (nSPS) is 11.5. The zero-order valence-electron chi connectivity index (χ0n) is 19.6. The Morgan fingerprint density at radius 2 is 1.84 bits per heavy atom. The molecule has 0 aliphatic rings. The van der Waals surface area contributed by atoms with Gasteiger partial charge in [-0.3, -0.25) is 4.79 Å². The van der Waals surface area contributed by atoms with Crippen molar-refractivity contribution in [3.63, 3.8) is 0 Å². The number of rotatable bonds is 13. The number of thiol groups is 1. The zero-order chi connectivity index (χ0) is 23.7. The topological polar surface area (TPSA) is 78.0 Å². The van der Waals surface area contributed by atoms with E-state index in [4.69, 9.17) is 18.9 Å². The summed E-state index contributed by atoms with van der Waals surface area (Å²) in [6.45, 7) is 13.6. The lowest BCUT2D eigenvalue weighted by Gasteiger charge is -2.14. The molecule has 0 radical (unpaired) electrons. The van der Waals surface area contributed by atoms with Gasteiger partial charge in [0.25, 0.3) is 0 Å². The maximum atomic E-state index is 10.6. The molecular weight excluding hydrogens is 416 g/mol. The number of amides is 1. The average molecular weight is 455 g/mol. The minimum Gasteiger partial charge on any atom is -0.499 e. The highest BCUT2D eigenvalue weighted by Gasteiger charge is 2.09. The lowest BCUT2D eigenvalue weighted by molar-refractivity contribution is -0.109. The molecular formula is C23H38N2O5S. The summed E-state index contributed by atoms with van der Waals surface area (Å²) < 4.78 is 21.1. The number of nitrogens with one attached hydrogen (secondary N) is 2. The van der Waals surface area contributed by atoms with Crippen molar-refractivity contribution in [1.82, 2.24) is 10.6 Å². The third-order valence-corrected chi connectivity index (χ3v) is 4.60. The van der Waals surface area contributed by atoms with Crippen molar-refractivity contribution in [2.45, 2.75) is 39.8 Å². The number of ether oxygens (including phenoxy) is 4. The van der Waals surface area contributed by atoms with Crippen LogP contribution in [-0.2, 0) is 25.5 Å². The van der Waals surface area contributed by atoms with E-state index in [0.29, 0.717) is 45.1 Å². The maximum Gasteiger partial charge on any atom is 0.207 e. The van der Waals surface area contributed by atoms with Crippen molar-refractivity contribution in [3.8, 4) is 5.75 Å². The molecule has 176 valence electrons. The summed E-state index contributed by atoms with van der Waals surface area (Å²) in [6, 6.07) is 5.77. The number of methoxy groups -OCH3 is 1. The van der Waals surface area contributed by atoms with E-state index in [0.717, 1.165) is 21.7 Å². The SMILES string of the molecule is C=COCCOCCOc1cc(/C(S)=C(\C)NC)ccc1CNC=O.COC(C)(C)C. The van der Waals surface area contributed by atoms with E-state index in [-0.39, 0.29) is 5.60 Å². The molecule has 0 unspecified atom stereocenters. The third kappa shape index (κ3) is 13.7. The van der Waals surface area contributed by atoms with Gasteiger partial charge in [0, 0.05) is 36.9 Å². The summed E-state index contributed by atoms with van der Waals surface area (Å²) in [5.74, 6) is 0.688. The van der Waals surface area contributed by atoms with Gasteiger partial charge in [-0.25, -0.2) is 0 Å². The summed E-state index contributed by atoms with van der Waals surface area (Å²) in [5.41, 5.74) is 2.81. The monoisotopic (exact) mass is 454 g/mol. The highest BCUT2D eigenvalue weighted by atomic mass is 32.1. The van der Waals surface area contributed by atoms with Crippen LogP contribution in [0.5, 0.6) is 5.75 Å². The van der Waals surface area contributed by atoms with Crippen molar-refractivity contribution < 1.29 is 23.7 Å². The zero-order valence-corrected chi connectivity index (χ0v) is 20.5. The molecule has 31 heavy (non-hydrogen) atoms. The number of carbonyl (C=O) groups is 1. The molecule has 1 aromatic carbocycles. The first-order valence-corrected chi connectivity index (χ1v) is 10.5. The molecule has 1 amide bonds. The van der Waals surface area contributed by atoms with Crippen LogP contribution in [0.2, 0.25) is 0 Å². The Labute approximate surface area is 192 Å². The Hall–Kier alpha value is -2.16. The summed E-state index contributed by atoms with van der Waals surface area (Å²) in [5, 5.41) is 5.72. The maximum absolute atomic E-state index is 10.6. The van der Waals surface area contributed by atoms with Crippen molar-refractivity contribution >= 4 is 23.9 Å². The first-order valence-electron chi connectivity index (χ1n) is 10.1. The van der Waals surface area contributed by atoms with E-state index in [9.17, 15) is 4.79 Å². The third-order valence-electron chi connectivity index (χ3n) is 4.01. The molecule has 0 heterocycles. The molecule has 0 aromatic heterocycles. The summed E-state index contributed by atoms with van der Waals surface area (Å²) in [7, 11) is 3.55. The van der Waals surface area contributed by atoms with Crippen LogP contribution in [0.3, 0.4) is 0 Å². The van der Waals surface area contributed by atoms with Crippen molar-refractivity contribution in [2.24, 2.45) is 0 Å². The standard InChI is InChI=1S/C18H26N2O4S.C5H12O/c1-4-22-7-8-23-9-10-24-17-11-15(18(25)14(2)19-3)5-6-16(17)12-20-13-21;1-5(2,3)6-4/h4-6,11,13,19,25H,1,7-10,12H2,2-3H3,(H,20,21);1-4H3/b18-14-;. The second-order valence-corrected chi connectivity index (χ2v) is 7.81. The van der Waals surface area contributed by atoms with Crippen molar-refractivity contribution in [2.75, 3.05) is 40.6 Å². The largest absolute Gasteiger partial charge is 0.499 e. The van der Waals surface area contributed by atoms with Gasteiger partial charge in [-0.15, -0.1) is 12.6 Å². The molecule has 0 spiro atoms. The van der Waals surface area contributed by atoms with Crippen LogP contribution in [-0.4, -0.2) is 52.6 Å². The number of allylic oxidation sites excluding steroid dienone is 1. The second kappa shape index (κ2) is 16.5. The molecule has 0 saturated heterocycles. The van der Waals surface area contributed by atoms with Gasteiger partial charge in [0.2, 0.25) is 6.41 Å². The lowest BCUT2D eigenvalue weighted by atomic mass is 10.1. The molecule has 7 nitrogen and oxygen atoms in total. The Bertz CT molecular complexity index is 687. The van der Waals surface area contributed by atoms with Crippen LogP contribution in [0.15, 0.2) is 36.7 Å². The molecule has 1 aromatic rings. The minimum atomic E-state index is 0.0417. The highest BCUT2D eigenvalue weighted by molar-refractivity contribution is 7.90. The average Bonchev–Trinajstić information content (AvgIpc) is 2.76. The highest BCUT2D eigenvalue weighted by Crippen LogP contribution is 2.28. The van der Waals surface area contributed by atoms with Gasteiger partial charge in [-0.2, -0.15) is 0 Å². The van der Waals surface area contributed by atoms with E-state index in [2.05, 4.69) is 29.8 Å². The van der Waals surface area contributed by atoms with Crippen molar-refractivity contribution in [3.05, 3.63) is 47.9 Å². The van der Waals surface area contributed by atoms with Gasteiger partial charge in [-0.1, -0.05) is 18.7 Å². The summed E-state index contributed by atoms with van der Waals surface area (Å²) >= 11 is 4.55. The molecule has 0 aliphatic heterocycles. The van der Waals surface area contributed by atoms with Gasteiger partial charge in [-0.05, 0) is 39.3 Å². The van der Waals surface area contributed by atoms with E-state index < -0.39 is 0 Å². The predicted molar refractivity (Wildman–Crippen MR) is 129 cm³/mol. The number of benzene rings is 1. The molecule has 0 aliphatic carbocycles. The molecule has 8 heteroatoms. The Morgan fingerprint density at radius 3 is 2.39 bits per heavy atom. The predicted octanol–water partition coefficient (Wildman–Crippen LogP) is 3.76. The number of hydrogen-bond donors (Lipinski definition) is 3. The van der Waals surface area contributed by atoms with E-state index >= 15 is 0 Å². The van der Waals surface area contributed by atoms with Crippen LogP contribution >= 0.6 is 12.6 Å². The van der Waals surface area contributed by atoms with Crippen LogP contribution in [0.4, 0.5) is 0 Å². The lowest BCUT2D eigenvalue weighted by Crippen LogP contribution is -2.15. The first kappa shape index (κ1) is 28.8. The van der Waals surface area contributed by atoms with E-state index in [1.165, 1.54) is 6.26 Å². The van der Waals surface area contributed by atoms with Gasteiger partial charge in [0.05, 0.1) is 25.1 Å². The Balaban J connectivity index is 0.00000131. The fourth-order valence-corrected chi connectivity index (χ4v) is 2.22. The minimum absolute atomic E-state index is 0.0417. The van der Waals surface area contributed by atoms with Gasteiger partial charge in [0.15, 0.2) is 0 Å². The fraction of sp³-hybridized carbons (Fsp3) is 0.522. The van der Waals surface area contributed by atoms with Gasteiger partial charge < -0.3 is 29.6 Å². The van der Waals surface area contributed by atoms with Crippen LogP contribution in [0.25, 0.3) is 4.91 Å². The van der Waals surface area contributed by atoms with Gasteiger partial charge in [0.1, 0.15) is 19.0 Å². The second-order valence-electron chi connectivity index (χ2n) is 7.36. The molecule has 0 saturated carbocycles. The summed E-state index contributed by atoms with van der Waals surface area (Å²) in [4.78, 5) is 11.4. The quantitative estimate of drug-likeness (QED) is 0.182. The molecule has 0 bridgehead atoms. The van der Waals surface area contributed by atoms with E-state index in [1.807, 2.05) is 52.9 Å². The Kier molecular flexibility index (Phi) is 15.4. The molecule has 0 atom stereocenters. The fourth-order valence-electron chi connectivity index (χ4n) is 1.97. The van der Waals surface area contributed by atoms with Gasteiger partial charge >= 0.3 is 0 Å². The number of hydrogen-bond acceptors (Lipinski definition) is 7. The first-order chi connectivity index (χ1) is 14.7. The smallest absolute Gasteiger partial charge is 0.207 e. The summed E-state index contributed by atoms with van der Waals surface area (Å²) in [6.07, 6.45) is 2.04. The number of carbonyl (C=O) groups excluding carboxylic acids is 1. The Morgan fingerprint density at radius 1 is 1.19 bits per heavy atom. The molecule has 0 fully saturated rings. The van der Waals surface area contributed by atoms with Crippen molar-refractivity contribution in [1.29, 1.82) is 0 Å². The van der Waals surface area contributed by atoms with Crippen LogP contribution < -0.4 is 15.4 Å².